The zero-order chi connectivity index (χ0) is 16.9. The van der Waals surface area contributed by atoms with Crippen LogP contribution in [0.4, 0.5) is 9.52 Å². The number of anilines is 1. The summed E-state index contributed by atoms with van der Waals surface area (Å²) in [5.74, 6) is 0.166. The Morgan fingerprint density at radius 1 is 1.25 bits per heavy atom. The summed E-state index contributed by atoms with van der Waals surface area (Å²) in [4.78, 5) is 16.5. The van der Waals surface area contributed by atoms with Gasteiger partial charge in [0.15, 0.2) is 5.13 Å². The molecular weight excluding hydrogens is 327 g/mol. The monoisotopic (exact) mass is 342 g/mol. The minimum atomic E-state index is -0.352. The Balaban J connectivity index is 1.68. The summed E-state index contributed by atoms with van der Waals surface area (Å²) in [6.07, 6.45) is 0.103. The Morgan fingerprint density at radius 2 is 2.08 bits per heavy atom. The third kappa shape index (κ3) is 3.97. The molecule has 1 heterocycles. The van der Waals surface area contributed by atoms with Gasteiger partial charge in [-0.1, -0.05) is 24.3 Å². The molecule has 0 aliphatic heterocycles. The van der Waals surface area contributed by atoms with Gasteiger partial charge in [0, 0.05) is 10.9 Å². The highest BCUT2D eigenvalue weighted by Crippen LogP contribution is 2.27. The molecule has 6 heteroatoms. The molecule has 0 bridgehead atoms. The summed E-state index contributed by atoms with van der Waals surface area (Å²) in [5, 5.41) is 5.12. The van der Waals surface area contributed by atoms with E-state index in [9.17, 15) is 9.18 Å². The minimum Gasteiger partial charge on any atom is -0.497 e. The van der Waals surface area contributed by atoms with Crippen LogP contribution < -0.4 is 10.1 Å². The van der Waals surface area contributed by atoms with Crippen LogP contribution in [0.3, 0.4) is 0 Å². The SMILES string of the molecule is COc1cccc(-c2csc(NC(=O)Cc3cccc(F)c3)n2)c1. The van der Waals surface area contributed by atoms with E-state index in [1.807, 2.05) is 29.6 Å². The van der Waals surface area contributed by atoms with E-state index in [0.29, 0.717) is 10.7 Å². The molecule has 0 saturated heterocycles. The van der Waals surface area contributed by atoms with Crippen LogP contribution in [0.5, 0.6) is 5.75 Å². The average molecular weight is 342 g/mol. The standard InChI is InChI=1S/C18H15FN2O2S/c1-23-15-7-3-5-13(10-15)16-11-24-18(20-16)21-17(22)9-12-4-2-6-14(19)8-12/h2-8,10-11H,9H2,1H3,(H,20,21,22). The molecule has 0 unspecified atom stereocenters. The van der Waals surface area contributed by atoms with Crippen LogP contribution in [-0.4, -0.2) is 18.0 Å². The first-order valence-corrected chi connectivity index (χ1v) is 8.16. The number of carbonyl (C=O) groups excluding carboxylic acids is 1. The van der Waals surface area contributed by atoms with Crippen molar-refractivity contribution in [3.05, 3.63) is 65.3 Å². The second-order valence-corrected chi connectivity index (χ2v) is 5.98. The van der Waals surface area contributed by atoms with Crippen molar-refractivity contribution in [1.82, 2.24) is 4.98 Å². The first-order valence-electron chi connectivity index (χ1n) is 7.28. The van der Waals surface area contributed by atoms with Gasteiger partial charge in [0.05, 0.1) is 19.2 Å². The molecule has 122 valence electrons. The van der Waals surface area contributed by atoms with E-state index in [1.54, 1.807) is 19.2 Å². The van der Waals surface area contributed by atoms with Gasteiger partial charge in [-0.15, -0.1) is 11.3 Å². The first kappa shape index (κ1) is 16.1. The third-order valence-corrected chi connectivity index (χ3v) is 4.13. The minimum absolute atomic E-state index is 0.103. The van der Waals surface area contributed by atoms with Crippen LogP contribution in [0.2, 0.25) is 0 Å². The zero-order valence-corrected chi connectivity index (χ0v) is 13.8. The van der Waals surface area contributed by atoms with Crippen molar-refractivity contribution < 1.29 is 13.9 Å². The van der Waals surface area contributed by atoms with E-state index in [1.165, 1.54) is 23.5 Å². The molecule has 1 N–H and O–H groups in total. The van der Waals surface area contributed by atoms with Crippen LogP contribution in [0.1, 0.15) is 5.56 Å². The largest absolute Gasteiger partial charge is 0.497 e. The number of ether oxygens (including phenoxy) is 1. The number of hydrogen-bond donors (Lipinski definition) is 1. The quantitative estimate of drug-likeness (QED) is 0.758. The van der Waals surface area contributed by atoms with Crippen molar-refractivity contribution in [2.75, 3.05) is 12.4 Å². The number of aromatic nitrogens is 1. The number of hydrogen-bond acceptors (Lipinski definition) is 4. The maximum atomic E-state index is 13.1. The number of nitrogens with zero attached hydrogens (tertiary/aromatic N) is 1. The second-order valence-electron chi connectivity index (χ2n) is 5.12. The number of amides is 1. The third-order valence-electron chi connectivity index (χ3n) is 3.37. The summed E-state index contributed by atoms with van der Waals surface area (Å²) >= 11 is 1.34. The Kier molecular flexibility index (Phi) is 4.86. The molecular formula is C18H15FN2O2S. The number of methoxy groups -OCH3 is 1. The molecule has 0 radical (unpaired) electrons. The van der Waals surface area contributed by atoms with E-state index in [0.717, 1.165) is 17.0 Å². The summed E-state index contributed by atoms with van der Waals surface area (Å²) < 4.78 is 18.3. The molecule has 24 heavy (non-hydrogen) atoms. The summed E-state index contributed by atoms with van der Waals surface area (Å²) in [6, 6.07) is 13.6. The summed E-state index contributed by atoms with van der Waals surface area (Å²) in [7, 11) is 1.61. The summed E-state index contributed by atoms with van der Waals surface area (Å²) in [5.41, 5.74) is 2.30. The van der Waals surface area contributed by atoms with Gasteiger partial charge in [0.1, 0.15) is 11.6 Å². The van der Waals surface area contributed by atoms with Crippen LogP contribution in [0.25, 0.3) is 11.3 Å². The lowest BCUT2D eigenvalue weighted by molar-refractivity contribution is -0.115. The van der Waals surface area contributed by atoms with Crippen LogP contribution in [-0.2, 0) is 11.2 Å². The number of carbonyl (C=O) groups is 1. The van der Waals surface area contributed by atoms with E-state index in [4.69, 9.17) is 4.74 Å². The molecule has 4 nitrogen and oxygen atoms in total. The lowest BCUT2D eigenvalue weighted by atomic mass is 10.1. The van der Waals surface area contributed by atoms with Gasteiger partial charge >= 0.3 is 0 Å². The Bertz CT molecular complexity index is 863. The van der Waals surface area contributed by atoms with Crippen molar-refractivity contribution in [2.45, 2.75) is 6.42 Å². The predicted octanol–water partition coefficient (Wildman–Crippen LogP) is 4.14. The van der Waals surface area contributed by atoms with Gasteiger partial charge in [-0.2, -0.15) is 0 Å². The van der Waals surface area contributed by atoms with Gasteiger partial charge in [0.25, 0.3) is 0 Å². The fraction of sp³-hybridized carbons (Fsp3) is 0.111. The van der Waals surface area contributed by atoms with Gasteiger partial charge < -0.3 is 10.1 Å². The first-order chi connectivity index (χ1) is 11.6. The van der Waals surface area contributed by atoms with E-state index in [2.05, 4.69) is 10.3 Å². The highest BCUT2D eigenvalue weighted by Gasteiger charge is 2.10. The molecule has 3 rings (SSSR count). The molecule has 1 aromatic heterocycles. The number of nitrogens with one attached hydrogen (secondary N) is 1. The van der Waals surface area contributed by atoms with Gasteiger partial charge in [-0.3, -0.25) is 4.79 Å². The normalized spacial score (nSPS) is 10.4. The van der Waals surface area contributed by atoms with Crippen molar-refractivity contribution >= 4 is 22.4 Å². The topological polar surface area (TPSA) is 51.2 Å². The van der Waals surface area contributed by atoms with Crippen LogP contribution in [0, 0.1) is 5.82 Å². The molecule has 0 atom stereocenters. The maximum absolute atomic E-state index is 13.1. The van der Waals surface area contributed by atoms with E-state index < -0.39 is 0 Å². The number of benzene rings is 2. The molecule has 2 aromatic carbocycles. The van der Waals surface area contributed by atoms with Crippen LogP contribution in [0.15, 0.2) is 53.9 Å². The smallest absolute Gasteiger partial charge is 0.230 e. The molecule has 0 saturated carbocycles. The molecule has 0 spiro atoms. The molecule has 1 amide bonds. The van der Waals surface area contributed by atoms with Crippen molar-refractivity contribution in [1.29, 1.82) is 0 Å². The lowest BCUT2D eigenvalue weighted by Gasteiger charge is -2.03. The Hall–Kier alpha value is -2.73. The van der Waals surface area contributed by atoms with E-state index >= 15 is 0 Å². The van der Waals surface area contributed by atoms with Gasteiger partial charge in [-0.05, 0) is 29.8 Å². The van der Waals surface area contributed by atoms with Crippen LogP contribution >= 0.6 is 11.3 Å². The zero-order valence-electron chi connectivity index (χ0n) is 13.0. The molecule has 0 aliphatic rings. The Morgan fingerprint density at radius 3 is 2.88 bits per heavy atom. The van der Waals surface area contributed by atoms with Crippen molar-refractivity contribution in [2.24, 2.45) is 0 Å². The summed E-state index contributed by atoms with van der Waals surface area (Å²) in [6.45, 7) is 0. The molecule has 0 aliphatic carbocycles. The number of halogens is 1. The fourth-order valence-electron chi connectivity index (χ4n) is 2.24. The predicted molar refractivity (Wildman–Crippen MR) is 92.8 cm³/mol. The Labute approximate surface area is 142 Å². The second kappa shape index (κ2) is 7.23. The maximum Gasteiger partial charge on any atom is 0.230 e. The highest BCUT2D eigenvalue weighted by molar-refractivity contribution is 7.14. The highest BCUT2D eigenvalue weighted by atomic mass is 32.1. The van der Waals surface area contributed by atoms with Gasteiger partial charge in [-0.25, -0.2) is 9.37 Å². The number of rotatable bonds is 5. The average Bonchev–Trinajstić information content (AvgIpc) is 3.03. The van der Waals surface area contributed by atoms with E-state index in [-0.39, 0.29) is 18.1 Å². The van der Waals surface area contributed by atoms with Gasteiger partial charge in [0.2, 0.25) is 5.91 Å². The number of thiazole rings is 1. The van der Waals surface area contributed by atoms with Crippen molar-refractivity contribution in [3.63, 3.8) is 0 Å². The lowest BCUT2D eigenvalue weighted by Crippen LogP contribution is -2.14. The molecule has 3 aromatic rings. The fourth-order valence-corrected chi connectivity index (χ4v) is 2.98. The van der Waals surface area contributed by atoms with Crippen molar-refractivity contribution in [3.8, 4) is 17.0 Å². The molecule has 0 fully saturated rings.